The summed E-state index contributed by atoms with van der Waals surface area (Å²) in [6.45, 7) is 0. The van der Waals surface area contributed by atoms with Gasteiger partial charge in [-0.15, -0.1) is 0 Å². The molecule has 1 aliphatic rings. The topological polar surface area (TPSA) is 65.1 Å². The van der Waals surface area contributed by atoms with Gasteiger partial charge in [-0.1, -0.05) is 11.6 Å². The van der Waals surface area contributed by atoms with Crippen LogP contribution in [0.25, 0.3) is 10.9 Å². The minimum atomic E-state index is -3.47. The monoisotopic (exact) mass is 412 g/mol. The highest BCUT2D eigenvalue weighted by Crippen LogP contribution is 2.44. The average molecular weight is 413 g/mol. The molecule has 0 saturated carbocycles. The van der Waals surface area contributed by atoms with Crippen molar-refractivity contribution in [2.45, 2.75) is 24.9 Å². The number of hydrogen-bond donors (Lipinski definition) is 3. The van der Waals surface area contributed by atoms with Gasteiger partial charge < -0.3 is 15.4 Å². The number of amides is 1. The van der Waals surface area contributed by atoms with Crippen LogP contribution in [0.15, 0.2) is 30.3 Å². The fraction of sp³-hybridized carbons (Fsp3) is 0.211. The predicted octanol–water partition coefficient (Wildman–Crippen LogP) is 4.97. The number of benzene rings is 2. The first-order valence-corrected chi connectivity index (χ1v) is 8.71. The molecule has 3 aromatic rings. The third kappa shape index (κ3) is 3.02. The highest BCUT2D eigenvalue weighted by molar-refractivity contribution is 6.31. The first-order valence-electron chi connectivity index (χ1n) is 8.33. The molecular weight excluding hydrogens is 400 g/mol. The molecule has 1 heterocycles. The van der Waals surface area contributed by atoms with Crippen LogP contribution in [0.2, 0.25) is 5.02 Å². The highest BCUT2D eigenvalue weighted by Gasteiger charge is 2.45. The Hall–Kier alpha value is -2.58. The lowest BCUT2D eigenvalue weighted by Gasteiger charge is -2.30. The van der Waals surface area contributed by atoms with E-state index in [1.165, 1.54) is 6.07 Å². The van der Waals surface area contributed by atoms with Crippen LogP contribution >= 0.6 is 11.6 Å². The molecule has 0 unspecified atom stereocenters. The molecule has 1 atom stereocenters. The van der Waals surface area contributed by atoms with Gasteiger partial charge in [0.15, 0.2) is 5.82 Å². The second kappa shape index (κ2) is 6.49. The summed E-state index contributed by atoms with van der Waals surface area (Å²) in [7, 11) is 0. The second-order valence-electron chi connectivity index (χ2n) is 6.65. The minimum Gasteiger partial charge on any atom is -0.382 e. The van der Waals surface area contributed by atoms with Gasteiger partial charge in [0.1, 0.15) is 23.3 Å². The molecule has 2 aromatic carbocycles. The zero-order valence-electron chi connectivity index (χ0n) is 14.1. The summed E-state index contributed by atoms with van der Waals surface area (Å²) in [5.74, 6) is -6.70. The molecular formula is C19H13ClF4N2O2. The number of aromatic nitrogens is 1. The Kier molecular flexibility index (Phi) is 4.35. The van der Waals surface area contributed by atoms with Crippen molar-refractivity contribution >= 4 is 34.1 Å². The molecule has 0 spiro atoms. The summed E-state index contributed by atoms with van der Waals surface area (Å²) in [5, 5.41) is 12.9. The lowest BCUT2D eigenvalue weighted by atomic mass is 9.85. The van der Waals surface area contributed by atoms with E-state index in [-0.39, 0.29) is 17.7 Å². The van der Waals surface area contributed by atoms with Crippen molar-refractivity contribution in [2.24, 2.45) is 0 Å². The van der Waals surface area contributed by atoms with E-state index in [1.807, 2.05) is 0 Å². The van der Waals surface area contributed by atoms with Gasteiger partial charge in [-0.05, 0) is 47.9 Å². The van der Waals surface area contributed by atoms with Gasteiger partial charge in [-0.2, -0.15) is 0 Å². The zero-order valence-corrected chi connectivity index (χ0v) is 14.9. The fourth-order valence-corrected chi connectivity index (χ4v) is 3.53. The Labute approximate surface area is 161 Å². The van der Waals surface area contributed by atoms with Crippen LogP contribution in [0.1, 0.15) is 34.1 Å². The standard InChI is InChI=1S/C19H13ClF4N2O2/c20-9-1-2-13-8(5-9)6-14(25-13)18(28)26-16-12(21)7-11-10(15(16)22)3-4-19(23,24)17(11)27/h1-2,5-7,17,25,27H,3-4H2,(H,26,28)/t17-/m1/s1. The first kappa shape index (κ1) is 18.8. The zero-order chi connectivity index (χ0) is 20.2. The van der Waals surface area contributed by atoms with E-state index < -0.39 is 47.2 Å². The quantitative estimate of drug-likeness (QED) is 0.520. The number of aliphatic hydroxyl groups excluding tert-OH is 1. The molecule has 0 aliphatic heterocycles. The number of fused-ring (bicyclic) bond motifs is 2. The maximum absolute atomic E-state index is 14.7. The van der Waals surface area contributed by atoms with E-state index in [9.17, 15) is 27.5 Å². The van der Waals surface area contributed by atoms with E-state index in [1.54, 1.807) is 18.2 Å². The van der Waals surface area contributed by atoms with Crippen molar-refractivity contribution in [3.8, 4) is 0 Å². The van der Waals surface area contributed by atoms with Crippen molar-refractivity contribution < 1.29 is 27.5 Å². The molecule has 4 rings (SSSR count). The molecule has 1 aromatic heterocycles. The van der Waals surface area contributed by atoms with E-state index in [2.05, 4.69) is 10.3 Å². The van der Waals surface area contributed by atoms with E-state index >= 15 is 0 Å². The Bertz CT molecular complexity index is 1110. The Balaban J connectivity index is 1.69. The maximum Gasteiger partial charge on any atom is 0.277 e. The molecule has 3 N–H and O–H groups in total. The maximum atomic E-state index is 14.7. The summed E-state index contributed by atoms with van der Waals surface area (Å²) in [6.07, 6.45) is -3.47. The number of alkyl halides is 2. The molecule has 0 radical (unpaired) electrons. The molecule has 9 heteroatoms. The first-order chi connectivity index (χ1) is 13.2. The SMILES string of the molecule is O=C(Nc1c(F)cc2c(c1F)CCC(F)(F)[C@@H]2O)c1cc2cc(Cl)ccc2[nH]1. The third-order valence-electron chi connectivity index (χ3n) is 4.82. The number of carbonyl (C=O) groups excluding carboxylic acids is 1. The minimum absolute atomic E-state index is 0.0420. The summed E-state index contributed by atoms with van der Waals surface area (Å²) in [6, 6.07) is 6.99. The van der Waals surface area contributed by atoms with Crippen molar-refractivity contribution in [1.82, 2.24) is 4.98 Å². The van der Waals surface area contributed by atoms with E-state index in [0.717, 1.165) is 0 Å². The lowest BCUT2D eigenvalue weighted by molar-refractivity contribution is -0.122. The number of carbonyl (C=O) groups is 1. The van der Waals surface area contributed by atoms with Crippen molar-refractivity contribution in [3.63, 3.8) is 0 Å². The van der Waals surface area contributed by atoms with Crippen LogP contribution in [0.5, 0.6) is 0 Å². The number of nitrogens with one attached hydrogen (secondary N) is 2. The molecule has 0 saturated heterocycles. The van der Waals surface area contributed by atoms with Crippen LogP contribution < -0.4 is 5.32 Å². The Morgan fingerprint density at radius 1 is 1.25 bits per heavy atom. The number of aliphatic hydroxyl groups is 1. The summed E-state index contributed by atoms with van der Waals surface area (Å²) >= 11 is 5.89. The molecule has 1 aliphatic carbocycles. The molecule has 0 bridgehead atoms. The van der Waals surface area contributed by atoms with Crippen LogP contribution in [-0.4, -0.2) is 21.9 Å². The van der Waals surface area contributed by atoms with Gasteiger partial charge >= 0.3 is 0 Å². The summed E-state index contributed by atoms with van der Waals surface area (Å²) in [4.78, 5) is 15.2. The van der Waals surface area contributed by atoms with Gasteiger partial charge in [0.2, 0.25) is 0 Å². The average Bonchev–Trinajstić information content (AvgIpc) is 3.05. The Morgan fingerprint density at radius 2 is 2.00 bits per heavy atom. The number of anilines is 1. The number of H-pyrrole nitrogens is 1. The smallest absolute Gasteiger partial charge is 0.277 e. The number of halogens is 5. The van der Waals surface area contributed by atoms with Crippen LogP contribution in [0, 0.1) is 11.6 Å². The molecule has 28 heavy (non-hydrogen) atoms. The molecule has 0 fully saturated rings. The van der Waals surface area contributed by atoms with Gasteiger partial charge in [-0.3, -0.25) is 4.79 Å². The number of hydrogen-bond acceptors (Lipinski definition) is 2. The van der Waals surface area contributed by atoms with E-state index in [4.69, 9.17) is 11.6 Å². The van der Waals surface area contributed by atoms with Crippen molar-refractivity contribution in [2.75, 3.05) is 5.32 Å². The van der Waals surface area contributed by atoms with Crippen molar-refractivity contribution in [3.05, 3.63) is 63.8 Å². The van der Waals surface area contributed by atoms with Crippen LogP contribution in [0.3, 0.4) is 0 Å². The van der Waals surface area contributed by atoms with Gasteiger partial charge in [-0.25, -0.2) is 17.6 Å². The number of aromatic amines is 1. The van der Waals surface area contributed by atoms with Crippen LogP contribution in [-0.2, 0) is 6.42 Å². The fourth-order valence-electron chi connectivity index (χ4n) is 3.35. The van der Waals surface area contributed by atoms with Gasteiger partial charge in [0.05, 0.1) is 0 Å². The summed E-state index contributed by atoms with van der Waals surface area (Å²) < 4.78 is 56.3. The van der Waals surface area contributed by atoms with Gasteiger partial charge in [0.25, 0.3) is 11.8 Å². The summed E-state index contributed by atoms with van der Waals surface area (Å²) in [5.41, 5.74) is -0.854. The van der Waals surface area contributed by atoms with E-state index in [0.29, 0.717) is 22.0 Å². The largest absolute Gasteiger partial charge is 0.382 e. The lowest BCUT2D eigenvalue weighted by Crippen LogP contribution is -2.33. The van der Waals surface area contributed by atoms with Gasteiger partial charge in [0, 0.05) is 22.3 Å². The molecule has 146 valence electrons. The normalized spacial score (nSPS) is 18.1. The highest BCUT2D eigenvalue weighted by atomic mass is 35.5. The second-order valence-corrected chi connectivity index (χ2v) is 7.08. The number of rotatable bonds is 2. The van der Waals surface area contributed by atoms with Crippen LogP contribution in [0.4, 0.5) is 23.2 Å². The third-order valence-corrected chi connectivity index (χ3v) is 5.06. The molecule has 4 nitrogen and oxygen atoms in total. The van der Waals surface area contributed by atoms with Crippen molar-refractivity contribution in [1.29, 1.82) is 0 Å². The molecule has 1 amide bonds. The predicted molar refractivity (Wildman–Crippen MR) is 95.8 cm³/mol. The Morgan fingerprint density at radius 3 is 2.75 bits per heavy atom.